The van der Waals surface area contributed by atoms with E-state index in [1.165, 1.54) is 14.2 Å². The Kier molecular flexibility index (Phi) is 7.22. The first-order chi connectivity index (χ1) is 16.9. The summed E-state index contributed by atoms with van der Waals surface area (Å²) in [7, 11) is 3.06. The van der Waals surface area contributed by atoms with Crippen LogP contribution in [0.5, 0.6) is 11.5 Å². The Hall–Kier alpha value is -4.04. The fourth-order valence-electron chi connectivity index (χ4n) is 3.86. The number of benzene rings is 3. The molecule has 1 heterocycles. The Labute approximate surface area is 207 Å². The third-order valence-corrected chi connectivity index (χ3v) is 5.97. The molecule has 35 heavy (non-hydrogen) atoms. The van der Waals surface area contributed by atoms with Gasteiger partial charge in [-0.2, -0.15) is 0 Å². The van der Waals surface area contributed by atoms with Gasteiger partial charge < -0.3 is 25.0 Å². The molecule has 0 saturated carbocycles. The van der Waals surface area contributed by atoms with Gasteiger partial charge in [0.25, 0.3) is 5.91 Å². The summed E-state index contributed by atoms with van der Waals surface area (Å²) >= 11 is 5.89. The van der Waals surface area contributed by atoms with Crippen LogP contribution in [-0.2, 0) is 9.59 Å². The van der Waals surface area contributed by atoms with Crippen molar-refractivity contribution in [2.24, 2.45) is 5.92 Å². The predicted molar refractivity (Wildman–Crippen MR) is 134 cm³/mol. The van der Waals surface area contributed by atoms with Gasteiger partial charge in [0.15, 0.2) is 11.5 Å². The van der Waals surface area contributed by atoms with E-state index in [0.29, 0.717) is 39.1 Å². The molecule has 0 aromatic heterocycles. The van der Waals surface area contributed by atoms with Crippen molar-refractivity contribution in [2.75, 3.05) is 36.3 Å². The van der Waals surface area contributed by atoms with Crippen molar-refractivity contribution >= 4 is 46.4 Å². The minimum Gasteiger partial charge on any atom is -0.493 e. The number of nitrogens with zero attached hydrogens (tertiary/aromatic N) is 1. The molecule has 1 unspecified atom stereocenters. The molecule has 4 rings (SSSR count). The van der Waals surface area contributed by atoms with E-state index in [1.807, 2.05) is 0 Å². The van der Waals surface area contributed by atoms with Gasteiger partial charge in [0.1, 0.15) is 0 Å². The zero-order valence-corrected chi connectivity index (χ0v) is 20.0. The number of ether oxygens (including phenoxy) is 2. The van der Waals surface area contributed by atoms with Gasteiger partial charge in [-0.3, -0.25) is 14.4 Å². The Morgan fingerprint density at radius 3 is 2.23 bits per heavy atom. The number of carbonyl (C=O) groups is 3. The molecule has 0 radical (unpaired) electrons. The first kappa shape index (κ1) is 24.1. The van der Waals surface area contributed by atoms with Crippen molar-refractivity contribution in [1.82, 2.24) is 0 Å². The summed E-state index contributed by atoms with van der Waals surface area (Å²) < 4.78 is 10.6. The second kappa shape index (κ2) is 10.5. The van der Waals surface area contributed by atoms with E-state index in [9.17, 15) is 14.4 Å². The molecule has 1 atom stereocenters. The number of para-hydroxylation sites is 2. The zero-order valence-electron chi connectivity index (χ0n) is 19.2. The van der Waals surface area contributed by atoms with E-state index in [4.69, 9.17) is 21.1 Å². The van der Waals surface area contributed by atoms with Crippen molar-refractivity contribution in [1.29, 1.82) is 0 Å². The fourth-order valence-corrected chi connectivity index (χ4v) is 3.98. The van der Waals surface area contributed by atoms with Crippen LogP contribution in [0.15, 0.2) is 66.7 Å². The molecule has 0 spiro atoms. The van der Waals surface area contributed by atoms with Crippen molar-refractivity contribution in [2.45, 2.75) is 6.42 Å². The van der Waals surface area contributed by atoms with Crippen molar-refractivity contribution in [3.05, 3.63) is 77.3 Å². The topological polar surface area (TPSA) is 97.0 Å². The summed E-state index contributed by atoms with van der Waals surface area (Å²) in [4.78, 5) is 39.9. The molecule has 1 fully saturated rings. The normalized spacial score (nSPS) is 15.0. The van der Waals surface area contributed by atoms with Crippen molar-refractivity contribution in [3.63, 3.8) is 0 Å². The molecule has 3 aromatic carbocycles. The number of methoxy groups -OCH3 is 2. The third kappa shape index (κ3) is 5.38. The monoisotopic (exact) mass is 493 g/mol. The molecule has 1 aliphatic heterocycles. The van der Waals surface area contributed by atoms with Gasteiger partial charge >= 0.3 is 0 Å². The van der Waals surface area contributed by atoms with E-state index >= 15 is 0 Å². The molecule has 2 N–H and O–H groups in total. The number of carbonyl (C=O) groups excluding carboxylic acids is 3. The summed E-state index contributed by atoms with van der Waals surface area (Å²) in [5.41, 5.74) is 1.94. The Morgan fingerprint density at radius 2 is 1.57 bits per heavy atom. The van der Waals surface area contributed by atoms with Crippen LogP contribution in [0.3, 0.4) is 0 Å². The lowest BCUT2D eigenvalue weighted by Gasteiger charge is -2.19. The molecule has 9 heteroatoms. The van der Waals surface area contributed by atoms with E-state index < -0.39 is 5.92 Å². The quantitative estimate of drug-likeness (QED) is 0.501. The number of rotatable bonds is 7. The minimum absolute atomic E-state index is 0.0689. The van der Waals surface area contributed by atoms with Gasteiger partial charge in [-0.25, -0.2) is 0 Å². The number of halogens is 1. The lowest BCUT2D eigenvalue weighted by molar-refractivity contribution is -0.122. The predicted octanol–water partition coefficient (Wildman–Crippen LogP) is 4.60. The Morgan fingerprint density at radius 1 is 0.914 bits per heavy atom. The first-order valence-electron chi connectivity index (χ1n) is 10.9. The van der Waals surface area contributed by atoms with Gasteiger partial charge in [-0.1, -0.05) is 23.7 Å². The fraction of sp³-hybridized carbons (Fsp3) is 0.192. The largest absolute Gasteiger partial charge is 0.493 e. The summed E-state index contributed by atoms with van der Waals surface area (Å²) in [6.07, 6.45) is 0.0689. The molecule has 180 valence electrons. The van der Waals surface area contributed by atoms with Crippen LogP contribution in [0.1, 0.15) is 16.8 Å². The molecule has 8 nitrogen and oxygen atoms in total. The van der Waals surface area contributed by atoms with Crippen LogP contribution in [0.4, 0.5) is 17.1 Å². The van der Waals surface area contributed by atoms with E-state index in [-0.39, 0.29) is 30.7 Å². The number of amides is 3. The highest BCUT2D eigenvalue weighted by Crippen LogP contribution is 2.34. The van der Waals surface area contributed by atoms with Gasteiger partial charge in [-0.05, 0) is 48.5 Å². The lowest BCUT2D eigenvalue weighted by atomic mass is 10.1. The van der Waals surface area contributed by atoms with E-state index in [1.54, 1.807) is 71.6 Å². The SMILES string of the molecule is COc1ccc(N2CC(C(=O)Nc3ccccc3NC(=O)c3ccc(Cl)cc3)CC2=O)cc1OC. The van der Waals surface area contributed by atoms with E-state index in [0.717, 1.165) is 0 Å². The first-order valence-corrected chi connectivity index (χ1v) is 11.3. The maximum atomic E-state index is 13.0. The van der Waals surface area contributed by atoms with Gasteiger partial charge in [0, 0.05) is 35.3 Å². The standard InChI is InChI=1S/C26H24ClN3O5/c1-34-22-12-11-19(14-23(22)35-2)30-15-17(13-24(30)31)26(33)29-21-6-4-3-5-20(21)28-25(32)16-7-9-18(27)10-8-16/h3-12,14,17H,13,15H2,1-2H3,(H,28,32)(H,29,33). The molecular weight excluding hydrogens is 470 g/mol. The summed E-state index contributed by atoms with van der Waals surface area (Å²) in [6, 6.07) is 18.6. The van der Waals surface area contributed by atoms with Crippen LogP contribution >= 0.6 is 11.6 Å². The van der Waals surface area contributed by atoms with Crippen molar-refractivity contribution < 1.29 is 23.9 Å². The van der Waals surface area contributed by atoms with Crippen molar-refractivity contribution in [3.8, 4) is 11.5 Å². The highest BCUT2D eigenvalue weighted by molar-refractivity contribution is 6.30. The minimum atomic E-state index is -0.560. The van der Waals surface area contributed by atoms with Gasteiger partial charge in [-0.15, -0.1) is 0 Å². The molecule has 3 aromatic rings. The molecule has 3 amide bonds. The molecule has 1 aliphatic rings. The maximum Gasteiger partial charge on any atom is 0.255 e. The average molecular weight is 494 g/mol. The third-order valence-electron chi connectivity index (χ3n) is 5.71. The number of hydrogen-bond acceptors (Lipinski definition) is 5. The lowest BCUT2D eigenvalue weighted by Crippen LogP contribution is -2.28. The average Bonchev–Trinajstić information content (AvgIpc) is 3.26. The summed E-state index contributed by atoms with van der Waals surface area (Å²) in [5.74, 6) is -0.323. The van der Waals surface area contributed by atoms with Crippen LogP contribution in [0.25, 0.3) is 0 Å². The van der Waals surface area contributed by atoms with E-state index in [2.05, 4.69) is 10.6 Å². The number of nitrogens with one attached hydrogen (secondary N) is 2. The van der Waals surface area contributed by atoms with Crippen LogP contribution in [0.2, 0.25) is 5.02 Å². The van der Waals surface area contributed by atoms with Crippen LogP contribution in [-0.4, -0.2) is 38.5 Å². The van der Waals surface area contributed by atoms with Crippen LogP contribution in [0, 0.1) is 5.92 Å². The summed E-state index contributed by atoms with van der Waals surface area (Å²) in [5, 5.41) is 6.19. The highest BCUT2D eigenvalue weighted by Gasteiger charge is 2.35. The second-order valence-corrected chi connectivity index (χ2v) is 8.38. The highest BCUT2D eigenvalue weighted by atomic mass is 35.5. The maximum absolute atomic E-state index is 13.0. The number of hydrogen-bond donors (Lipinski definition) is 2. The van der Waals surface area contributed by atoms with Gasteiger partial charge in [0.2, 0.25) is 11.8 Å². The summed E-state index contributed by atoms with van der Waals surface area (Å²) in [6.45, 7) is 0.222. The molecule has 1 saturated heterocycles. The Balaban J connectivity index is 1.46. The van der Waals surface area contributed by atoms with Gasteiger partial charge in [0.05, 0.1) is 31.5 Å². The second-order valence-electron chi connectivity index (χ2n) is 7.94. The zero-order chi connectivity index (χ0) is 24.9. The van der Waals surface area contributed by atoms with Crippen LogP contribution < -0.4 is 25.0 Å². The smallest absolute Gasteiger partial charge is 0.255 e. The Bertz CT molecular complexity index is 1260. The molecule has 0 aliphatic carbocycles. The molecule has 0 bridgehead atoms. The number of anilines is 3. The molecular formula is C26H24ClN3O5.